The van der Waals surface area contributed by atoms with Gasteiger partial charge in [-0.05, 0) is 66.8 Å². The van der Waals surface area contributed by atoms with Crippen LogP contribution in [0.2, 0.25) is 5.02 Å². The summed E-state index contributed by atoms with van der Waals surface area (Å²) in [4.78, 5) is 28.8. The molecule has 0 saturated heterocycles. The quantitative estimate of drug-likeness (QED) is 0.374. The average molecular weight is 495 g/mol. The minimum Gasteiger partial charge on any atom is -0.469 e. The lowest BCUT2D eigenvalue weighted by atomic mass is 9.87. The van der Waals surface area contributed by atoms with E-state index in [9.17, 15) is 9.59 Å². The molecule has 1 aliphatic rings. The SMILES string of the molecule is COC(=O)CCc1ccccc1C[C@@H]1CCC[C@H]1c1nc(C(=O)NCCc2ccc(Cl)cc2)co1. The molecule has 2 aromatic carbocycles. The van der Waals surface area contributed by atoms with Gasteiger partial charge in [0, 0.05) is 23.9 Å². The van der Waals surface area contributed by atoms with Crippen molar-refractivity contribution in [3.63, 3.8) is 0 Å². The number of nitrogens with zero attached hydrogens (tertiary/aromatic N) is 1. The number of oxazole rings is 1. The standard InChI is InChI=1S/C28H31ClN2O4/c1-34-26(32)14-11-20-5-2-3-6-21(20)17-22-7-4-8-24(22)28-31-25(18-35-28)27(33)30-16-15-19-9-12-23(29)13-10-19/h2-3,5-6,9-10,12-13,18,22,24H,4,7-8,11,14-17H2,1H3,(H,30,33)/t22-,24+/m0/s1. The van der Waals surface area contributed by atoms with Crippen LogP contribution in [0.25, 0.3) is 0 Å². The summed E-state index contributed by atoms with van der Waals surface area (Å²) in [5.74, 6) is 0.782. The fraction of sp³-hybridized carbons (Fsp3) is 0.393. The third kappa shape index (κ3) is 6.73. The van der Waals surface area contributed by atoms with Crippen molar-refractivity contribution in [1.29, 1.82) is 0 Å². The van der Waals surface area contributed by atoms with E-state index in [1.54, 1.807) is 0 Å². The summed E-state index contributed by atoms with van der Waals surface area (Å²) in [6.45, 7) is 0.511. The first-order chi connectivity index (χ1) is 17.0. The number of hydrogen-bond donors (Lipinski definition) is 1. The number of esters is 1. The number of carbonyl (C=O) groups excluding carboxylic acids is 2. The molecule has 1 aromatic heterocycles. The van der Waals surface area contributed by atoms with Crippen molar-refractivity contribution in [3.8, 4) is 0 Å². The Balaban J connectivity index is 1.35. The molecule has 0 spiro atoms. The smallest absolute Gasteiger partial charge is 0.305 e. The van der Waals surface area contributed by atoms with E-state index in [1.807, 2.05) is 36.4 Å². The maximum atomic E-state index is 12.6. The largest absolute Gasteiger partial charge is 0.469 e. The Morgan fingerprint density at radius 3 is 2.63 bits per heavy atom. The van der Waals surface area contributed by atoms with Gasteiger partial charge >= 0.3 is 5.97 Å². The highest BCUT2D eigenvalue weighted by Crippen LogP contribution is 2.41. The normalized spacial score (nSPS) is 17.3. The van der Waals surface area contributed by atoms with Crippen LogP contribution in [-0.2, 0) is 28.8 Å². The highest BCUT2D eigenvalue weighted by molar-refractivity contribution is 6.30. The van der Waals surface area contributed by atoms with Gasteiger partial charge in [0.25, 0.3) is 5.91 Å². The van der Waals surface area contributed by atoms with E-state index in [-0.39, 0.29) is 17.8 Å². The maximum Gasteiger partial charge on any atom is 0.305 e. The maximum absolute atomic E-state index is 12.6. The summed E-state index contributed by atoms with van der Waals surface area (Å²) in [7, 11) is 1.42. The highest BCUT2D eigenvalue weighted by atomic mass is 35.5. The second-order valence-corrected chi connectivity index (χ2v) is 9.49. The first kappa shape index (κ1) is 25.0. The van der Waals surface area contributed by atoms with Gasteiger partial charge in [-0.25, -0.2) is 4.98 Å². The molecule has 2 atom stereocenters. The van der Waals surface area contributed by atoms with E-state index in [0.29, 0.717) is 48.3 Å². The fourth-order valence-electron chi connectivity index (χ4n) is 4.85. The molecular weight excluding hydrogens is 464 g/mol. The molecule has 0 radical (unpaired) electrons. The number of nitrogens with one attached hydrogen (secondary N) is 1. The number of methoxy groups -OCH3 is 1. The van der Waals surface area contributed by atoms with Crippen LogP contribution >= 0.6 is 11.6 Å². The van der Waals surface area contributed by atoms with Crippen molar-refractivity contribution in [1.82, 2.24) is 10.3 Å². The predicted molar refractivity (Wildman–Crippen MR) is 135 cm³/mol. The summed E-state index contributed by atoms with van der Waals surface area (Å²) in [5.41, 5.74) is 3.85. The third-order valence-electron chi connectivity index (χ3n) is 6.77. The molecule has 1 fully saturated rings. The Bertz CT molecular complexity index is 1140. The Morgan fingerprint density at radius 2 is 1.86 bits per heavy atom. The number of carbonyl (C=O) groups is 2. The second-order valence-electron chi connectivity index (χ2n) is 9.05. The van der Waals surface area contributed by atoms with Crippen molar-refractivity contribution in [3.05, 3.63) is 88.1 Å². The number of hydrogen-bond acceptors (Lipinski definition) is 5. The van der Waals surface area contributed by atoms with Gasteiger partial charge in [-0.2, -0.15) is 0 Å². The zero-order chi connectivity index (χ0) is 24.6. The monoisotopic (exact) mass is 494 g/mol. The van der Waals surface area contributed by atoms with Gasteiger partial charge < -0.3 is 14.5 Å². The van der Waals surface area contributed by atoms with E-state index in [0.717, 1.165) is 31.2 Å². The van der Waals surface area contributed by atoms with Crippen molar-refractivity contribution >= 4 is 23.5 Å². The van der Waals surface area contributed by atoms with Gasteiger partial charge in [0.05, 0.1) is 7.11 Å². The number of aryl methyl sites for hydroxylation is 1. The van der Waals surface area contributed by atoms with Gasteiger partial charge in [0.1, 0.15) is 6.26 Å². The summed E-state index contributed by atoms with van der Waals surface area (Å²) in [6.07, 6.45) is 7.30. The molecule has 6 nitrogen and oxygen atoms in total. The van der Waals surface area contributed by atoms with E-state index in [4.69, 9.17) is 20.8 Å². The fourth-order valence-corrected chi connectivity index (χ4v) is 4.98. The molecule has 184 valence electrons. The highest BCUT2D eigenvalue weighted by Gasteiger charge is 2.33. The predicted octanol–water partition coefficient (Wildman–Crippen LogP) is 5.53. The Labute approximate surface area is 211 Å². The number of halogens is 1. The molecule has 7 heteroatoms. The van der Waals surface area contributed by atoms with E-state index < -0.39 is 0 Å². The Morgan fingerprint density at radius 1 is 1.09 bits per heavy atom. The van der Waals surface area contributed by atoms with Crippen LogP contribution in [0.1, 0.15) is 64.7 Å². The summed E-state index contributed by atoms with van der Waals surface area (Å²) in [6, 6.07) is 15.9. The first-order valence-corrected chi connectivity index (χ1v) is 12.5. The molecule has 1 aliphatic carbocycles. The lowest BCUT2D eigenvalue weighted by Crippen LogP contribution is -2.26. The average Bonchev–Trinajstić information content (AvgIpc) is 3.54. The number of amides is 1. The molecule has 0 unspecified atom stereocenters. The minimum absolute atomic E-state index is 0.180. The second kappa shape index (κ2) is 12.0. The third-order valence-corrected chi connectivity index (χ3v) is 7.02. The van der Waals surface area contributed by atoms with Gasteiger partial charge in [-0.15, -0.1) is 0 Å². The van der Waals surface area contributed by atoms with Crippen LogP contribution in [0.4, 0.5) is 0 Å². The molecule has 35 heavy (non-hydrogen) atoms. The Hall–Kier alpha value is -3.12. The van der Waals surface area contributed by atoms with E-state index >= 15 is 0 Å². The molecule has 1 N–H and O–H groups in total. The molecule has 1 amide bonds. The van der Waals surface area contributed by atoms with Crippen LogP contribution in [0.5, 0.6) is 0 Å². The van der Waals surface area contributed by atoms with Crippen molar-refractivity contribution in [2.75, 3.05) is 13.7 Å². The lowest BCUT2D eigenvalue weighted by molar-refractivity contribution is -0.140. The molecular formula is C28H31ClN2O4. The topological polar surface area (TPSA) is 81.4 Å². The van der Waals surface area contributed by atoms with E-state index in [1.165, 1.54) is 24.5 Å². The molecule has 0 aliphatic heterocycles. The van der Waals surface area contributed by atoms with Crippen molar-refractivity contribution < 1.29 is 18.7 Å². The van der Waals surface area contributed by atoms with Crippen LogP contribution in [0, 0.1) is 5.92 Å². The van der Waals surface area contributed by atoms with Gasteiger partial charge in [-0.1, -0.05) is 54.4 Å². The van der Waals surface area contributed by atoms with Gasteiger partial charge in [0.15, 0.2) is 11.6 Å². The zero-order valence-electron chi connectivity index (χ0n) is 20.0. The summed E-state index contributed by atoms with van der Waals surface area (Å²) < 4.78 is 10.6. The lowest BCUT2D eigenvalue weighted by Gasteiger charge is -2.18. The molecule has 0 bridgehead atoms. The van der Waals surface area contributed by atoms with Crippen LogP contribution < -0.4 is 5.32 Å². The number of rotatable bonds is 10. The van der Waals surface area contributed by atoms with Crippen LogP contribution in [0.15, 0.2) is 59.2 Å². The molecule has 4 rings (SSSR count). The van der Waals surface area contributed by atoms with Crippen LogP contribution in [0.3, 0.4) is 0 Å². The van der Waals surface area contributed by atoms with E-state index in [2.05, 4.69) is 22.4 Å². The number of aromatic nitrogens is 1. The number of ether oxygens (including phenoxy) is 1. The van der Waals surface area contributed by atoms with Gasteiger partial charge in [0.2, 0.25) is 0 Å². The summed E-state index contributed by atoms with van der Waals surface area (Å²) >= 11 is 5.92. The van der Waals surface area contributed by atoms with Crippen molar-refractivity contribution in [2.45, 2.75) is 50.9 Å². The molecule has 1 heterocycles. The zero-order valence-corrected chi connectivity index (χ0v) is 20.7. The molecule has 1 saturated carbocycles. The first-order valence-electron chi connectivity index (χ1n) is 12.1. The van der Waals surface area contributed by atoms with Crippen LogP contribution in [-0.4, -0.2) is 30.5 Å². The Kier molecular flexibility index (Phi) is 8.59. The summed E-state index contributed by atoms with van der Waals surface area (Å²) in [5, 5.41) is 3.62. The van der Waals surface area contributed by atoms with Crippen molar-refractivity contribution in [2.24, 2.45) is 5.92 Å². The minimum atomic E-state index is -0.225. The number of benzene rings is 2. The molecule has 3 aromatic rings. The van der Waals surface area contributed by atoms with Gasteiger partial charge in [-0.3, -0.25) is 9.59 Å².